The Balaban J connectivity index is 1.44. The topological polar surface area (TPSA) is 85.2 Å². The molecule has 0 aliphatic carbocycles. The fourth-order valence-corrected chi connectivity index (χ4v) is 3.25. The average Bonchev–Trinajstić information content (AvgIpc) is 3.35. The van der Waals surface area contributed by atoms with Gasteiger partial charge in [-0.15, -0.1) is 0 Å². The molecule has 0 saturated heterocycles. The van der Waals surface area contributed by atoms with Gasteiger partial charge in [0.25, 0.3) is 11.8 Å². The van der Waals surface area contributed by atoms with E-state index >= 15 is 0 Å². The molecule has 7 heteroatoms. The SMILES string of the molecule is Cc1ccc(C(=O)Nc2ccccc2OCCn2ccnc2)cc1NC(=O)c1ccccc1. The van der Waals surface area contributed by atoms with E-state index < -0.39 is 0 Å². The number of aryl methyl sites for hydroxylation is 1. The second-order valence-electron chi connectivity index (χ2n) is 7.45. The second-order valence-corrected chi connectivity index (χ2v) is 7.45. The molecule has 33 heavy (non-hydrogen) atoms. The number of carbonyl (C=O) groups is 2. The number of nitrogens with zero attached hydrogens (tertiary/aromatic N) is 2. The van der Waals surface area contributed by atoms with Gasteiger partial charge < -0.3 is 19.9 Å². The van der Waals surface area contributed by atoms with Crippen LogP contribution in [0.2, 0.25) is 0 Å². The molecule has 1 aromatic heterocycles. The van der Waals surface area contributed by atoms with Gasteiger partial charge in [0.1, 0.15) is 12.4 Å². The van der Waals surface area contributed by atoms with Crippen molar-refractivity contribution in [3.63, 3.8) is 0 Å². The molecule has 2 N–H and O–H groups in total. The van der Waals surface area contributed by atoms with E-state index in [0.29, 0.717) is 41.4 Å². The molecule has 0 aliphatic rings. The average molecular weight is 441 g/mol. The number of aromatic nitrogens is 2. The molecular weight excluding hydrogens is 416 g/mol. The van der Waals surface area contributed by atoms with Crippen molar-refractivity contribution in [3.8, 4) is 5.75 Å². The van der Waals surface area contributed by atoms with Crippen LogP contribution in [0.1, 0.15) is 26.3 Å². The van der Waals surface area contributed by atoms with Gasteiger partial charge in [-0.05, 0) is 48.9 Å². The molecule has 4 rings (SSSR count). The lowest BCUT2D eigenvalue weighted by atomic mass is 10.1. The summed E-state index contributed by atoms with van der Waals surface area (Å²) in [6.07, 6.45) is 5.30. The third-order valence-corrected chi connectivity index (χ3v) is 5.09. The number of hydrogen-bond donors (Lipinski definition) is 2. The summed E-state index contributed by atoms with van der Waals surface area (Å²) in [5, 5.41) is 5.79. The monoisotopic (exact) mass is 440 g/mol. The maximum Gasteiger partial charge on any atom is 0.255 e. The Hall–Kier alpha value is -4.39. The van der Waals surface area contributed by atoms with Gasteiger partial charge in [-0.1, -0.05) is 36.4 Å². The number of imidazole rings is 1. The summed E-state index contributed by atoms with van der Waals surface area (Å²) < 4.78 is 7.79. The van der Waals surface area contributed by atoms with Crippen molar-refractivity contribution in [2.75, 3.05) is 17.2 Å². The van der Waals surface area contributed by atoms with Crippen molar-refractivity contribution in [3.05, 3.63) is 108 Å². The van der Waals surface area contributed by atoms with E-state index in [9.17, 15) is 9.59 Å². The standard InChI is InChI=1S/C26H24N4O3/c1-19-11-12-21(17-23(19)29-25(31)20-7-3-2-4-8-20)26(32)28-22-9-5-6-10-24(22)33-16-15-30-14-13-27-18-30/h2-14,17-18H,15-16H2,1H3,(H,28,32)(H,29,31). The van der Waals surface area contributed by atoms with Crippen LogP contribution in [0.4, 0.5) is 11.4 Å². The van der Waals surface area contributed by atoms with E-state index in [4.69, 9.17) is 4.74 Å². The first-order valence-electron chi connectivity index (χ1n) is 10.6. The molecule has 0 radical (unpaired) electrons. The van der Waals surface area contributed by atoms with Gasteiger partial charge in [0.15, 0.2) is 0 Å². The van der Waals surface area contributed by atoms with Crippen molar-refractivity contribution >= 4 is 23.2 Å². The molecule has 0 aliphatic heterocycles. The van der Waals surface area contributed by atoms with Crippen molar-refractivity contribution in [1.29, 1.82) is 0 Å². The zero-order chi connectivity index (χ0) is 23.0. The van der Waals surface area contributed by atoms with Crippen molar-refractivity contribution in [2.45, 2.75) is 13.5 Å². The maximum atomic E-state index is 13.0. The highest BCUT2D eigenvalue weighted by Crippen LogP contribution is 2.25. The van der Waals surface area contributed by atoms with Crippen molar-refractivity contribution < 1.29 is 14.3 Å². The number of para-hydroxylation sites is 2. The summed E-state index contributed by atoms with van der Waals surface area (Å²) in [4.78, 5) is 29.5. The predicted octanol–water partition coefficient (Wildman–Crippen LogP) is 4.78. The van der Waals surface area contributed by atoms with Crippen LogP contribution >= 0.6 is 0 Å². The van der Waals surface area contributed by atoms with E-state index in [1.165, 1.54) is 0 Å². The fourth-order valence-electron chi connectivity index (χ4n) is 3.25. The van der Waals surface area contributed by atoms with Crippen molar-refractivity contribution in [1.82, 2.24) is 9.55 Å². The molecule has 0 atom stereocenters. The van der Waals surface area contributed by atoms with Gasteiger partial charge in [-0.3, -0.25) is 9.59 Å². The molecule has 0 spiro atoms. The van der Waals surface area contributed by atoms with Crippen LogP contribution in [0.25, 0.3) is 0 Å². The zero-order valence-electron chi connectivity index (χ0n) is 18.2. The summed E-state index contributed by atoms with van der Waals surface area (Å²) in [6, 6.07) is 21.4. The lowest BCUT2D eigenvalue weighted by Gasteiger charge is -2.14. The number of rotatable bonds is 8. The molecule has 0 unspecified atom stereocenters. The van der Waals surface area contributed by atoms with Crippen LogP contribution in [0.3, 0.4) is 0 Å². The van der Waals surface area contributed by atoms with Gasteiger partial charge in [0.2, 0.25) is 0 Å². The Kier molecular flexibility index (Phi) is 6.80. The Morgan fingerprint density at radius 2 is 1.61 bits per heavy atom. The molecule has 0 fully saturated rings. The Morgan fingerprint density at radius 3 is 2.39 bits per heavy atom. The summed E-state index contributed by atoms with van der Waals surface area (Å²) >= 11 is 0. The van der Waals surface area contributed by atoms with E-state index in [-0.39, 0.29) is 11.8 Å². The molecule has 3 aromatic carbocycles. The minimum Gasteiger partial charge on any atom is -0.490 e. The molecule has 1 heterocycles. The quantitative estimate of drug-likeness (QED) is 0.413. The highest BCUT2D eigenvalue weighted by Gasteiger charge is 2.13. The van der Waals surface area contributed by atoms with E-state index in [1.807, 2.05) is 48.0 Å². The van der Waals surface area contributed by atoms with Gasteiger partial charge in [-0.2, -0.15) is 0 Å². The van der Waals surface area contributed by atoms with Crippen LogP contribution < -0.4 is 15.4 Å². The van der Waals surface area contributed by atoms with Gasteiger partial charge in [0.05, 0.1) is 18.6 Å². The smallest absolute Gasteiger partial charge is 0.255 e. The summed E-state index contributed by atoms with van der Waals surface area (Å²) in [6.45, 7) is 2.96. The predicted molar refractivity (Wildman–Crippen MR) is 128 cm³/mol. The highest BCUT2D eigenvalue weighted by atomic mass is 16.5. The molecule has 2 amide bonds. The first-order valence-corrected chi connectivity index (χ1v) is 10.6. The normalized spacial score (nSPS) is 10.5. The molecule has 7 nitrogen and oxygen atoms in total. The van der Waals surface area contributed by atoms with Crippen molar-refractivity contribution in [2.24, 2.45) is 0 Å². The summed E-state index contributed by atoms with van der Waals surface area (Å²) in [5.41, 5.74) is 3.00. The minimum atomic E-state index is -0.295. The number of amides is 2. The van der Waals surface area contributed by atoms with Crippen LogP contribution in [0.5, 0.6) is 5.75 Å². The number of ether oxygens (including phenoxy) is 1. The zero-order valence-corrected chi connectivity index (χ0v) is 18.2. The van der Waals surface area contributed by atoms with Gasteiger partial charge in [-0.25, -0.2) is 4.98 Å². The third kappa shape index (κ3) is 5.65. The van der Waals surface area contributed by atoms with Crippen LogP contribution in [0.15, 0.2) is 91.5 Å². The first-order chi connectivity index (χ1) is 16.1. The number of hydrogen-bond acceptors (Lipinski definition) is 4. The number of benzene rings is 3. The number of carbonyl (C=O) groups excluding carboxylic acids is 2. The van der Waals surface area contributed by atoms with Crippen LogP contribution in [-0.2, 0) is 6.54 Å². The third-order valence-electron chi connectivity index (χ3n) is 5.09. The largest absolute Gasteiger partial charge is 0.490 e. The fraction of sp³-hybridized carbons (Fsp3) is 0.115. The Bertz CT molecular complexity index is 1240. The van der Waals surface area contributed by atoms with Crippen LogP contribution in [-0.4, -0.2) is 28.0 Å². The lowest BCUT2D eigenvalue weighted by Crippen LogP contribution is -2.16. The molecule has 0 bridgehead atoms. The van der Waals surface area contributed by atoms with E-state index in [2.05, 4.69) is 15.6 Å². The maximum absolute atomic E-state index is 13.0. The molecule has 166 valence electrons. The van der Waals surface area contributed by atoms with Gasteiger partial charge >= 0.3 is 0 Å². The minimum absolute atomic E-state index is 0.229. The molecule has 0 saturated carbocycles. The molecule has 4 aromatic rings. The summed E-state index contributed by atoms with van der Waals surface area (Å²) in [7, 11) is 0. The van der Waals surface area contributed by atoms with E-state index in [1.54, 1.807) is 55.0 Å². The Labute approximate surface area is 192 Å². The van der Waals surface area contributed by atoms with Crippen LogP contribution in [0, 0.1) is 6.92 Å². The lowest BCUT2D eigenvalue weighted by molar-refractivity contribution is 0.101. The number of anilines is 2. The first kappa shape index (κ1) is 21.8. The second kappa shape index (κ2) is 10.3. The Morgan fingerprint density at radius 1 is 0.879 bits per heavy atom. The van der Waals surface area contributed by atoms with E-state index in [0.717, 1.165) is 5.56 Å². The molecular formula is C26H24N4O3. The number of nitrogens with one attached hydrogen (secondary N) is 2. The summed E-state index contributed by atoms with van der Waals surface area (Å²) in [5.74, 6) is 0.0550. The van der Waals surface area contributed by atoms with Gasteiger partial charge in [0, 0.05) is 29.2 Å². The highest BCUT2D eigenvalue weighted by molar-refractivity contribution is 6.08.